The van der Waals surface area contributed by atoms with E-state index in [1.54, 1.807) is 18.2 Å². The topological polar surface area (TPSA) is 88.9 Å². The minimum atomic E-state index is -0.683. The smallest absolute Gasteiger partial charge is 0.317 e. The van der Waals surface area contributed by atoms with E-state index in [0.717, 1.165) is 16.5 Å². The third-order valence-corrected chi connectivity index (χ3v) is 5.15. The minimum absolute atomic E-state index is 0.187. The first kappa shape index (κ1) is 18.7. The van der Waals surface area contributed by atoms with Crippen molar-refractivity contribution in [3.8, 4) is 0 Å². The molecule has 2 N–H and O–H groups in total. The summed E-state index contributed by atoms with van der Waals surface area (Å²) in [4.78, 5) is 40.6. The normalized spacial score (nSPS) is 11.2. The lowest BCUT2D eigenvalue weighted by atomic mass is 10.1. The predicted molar refractivity (Wildman–Crippen MR) is 113 cm³/mol. The van der Waals surface area contributed by atoms with Crippen molar-refractivity contribution in [2.45, 2.75) is 26.4 Å². The van der Waals surface area contributed by atoms with Crippen LogP contribution in [0.25, 0.3) is 21.9 Å². The fourth-order valence-corrected chi connectivity index (χ4v) is 3.72. The van der Waals surface area contributed by atoms with Crippen LogP contribution < -0.4 is 16.4 Å². The summed E-state index contributed by atoms with van der Waals surface area (Å²) in [7, 11) is 0. The molecule has 4 rings (SSSR count). The van der Waals surface area contributed by atoms with Gasteiger partial charge in [0.05, 0.1) is 11.0 Å². The van der Waals surface area contributed by atoms with Gasteiger partial charge in [0, 0.05) is 30.2 Å². The van der Waals surface area contributed by atoms with Crippen molar-refractivity contribution in [3.63, 3.8) is 0 Å². The SMILES string of the molecule is CCn1c(=O)c(=O)n(CC(=O)NCCc2c[nH]c3ccccc23)c2ccccc21. The fourth-order valence-electron chi connectivity index (χ4n) is 3.72. The number of nitrogens with zero attached hydrogens (tertiary/aromatic N) is 2. The summed E-state index contributed by atoms with van der Waals surface area (Å²) in [6, 6.07) is 15.1. The Hall–Kier alpha value is -3.61. The lowest BCUT2D eigenvalue weighted by Gasteiger charge is -2.13. The van der Waals surface area contributed by atoms with E-state index >= 15 is 0 Å². The molecule has 2 aromatic heterocycles. The molecule has 7 heteroatoms. The van der Waals surface area contributed by atoms with E-state index in [2.05, 4.69) is 10.3 Å². The number of nitrogens with one attached hydrogen (secondary N) is 2. The lowest BCUT2D eigenvalue weighted by Crippen LogP contribution is -2.43. The summed E-state index contributed by atoms with van der Waals surface area (Å²) < 4.78 is 2.69. The van der Waals surface area contributed by atoms with Gasteiger partial charge < -0.3 is 14.9 Å². The second-order valence-electron chi connectivity index (χ2n) is 6.89. The second kappa shape index (κ2) is 7.79. The van der Waals surface area contributed by atoms with Crippen LogP contribution in [-0.2, 0) is 24.3 Å². The van der Waals surface area contributed by atoms with Gasteiger partial charge in [-0.05, 0) is 37.1 Å². The van der Waals surface area contributed by atoms with Gasteiger partial charge in [0.1, 0.15) is 6.54 Å². The van der Waals surface area contributed by atoms with Crippen molar-refractivity contribution < 1.29 is 4.79 Å². The third kappa shape index (κ3) is 3.47. The molecular weight excluding hydrogens is 368 g/mol. The maximum atomic E-state index is 12.6. The van der Waals surface area contributed by atoms with Gasteiger partial charge in [0.15, 0.2) is 0 Å². The first-order valence-corrected chi connectivity index (χ1v) is 9.64. The molecule has 0 saturated heterocycles. The first-order chi connectivity index (χ1) is 14.1. The van der Waals surface area contributed by atoms with Crippen molar-refractivity contribution in [3.05, 3.63) is 81.0 Å². The maximum Gasteiger partial charge on any atom is 0.317 e. The zero-order valence-corrected chi connectivity index (χ0v) is 16.1. The van der Waals surface area contributed by atoms with Crippen LogP contribution in [0.2, 0.25) is 0 Å². The molecule has 0 aliphatic carbocycles. The molecule has 0 radical (unpaired) electrons. The van der Waals surface area contributed by atoms with Crippen LogP contribution >= 0.6 is 0 Å². The van der Waals surface area contributed by atoms with Crippen molar-refractivity contribution in [2.24, 2.45) is 0 Å². The number of carbonyl (C=O) groups is 1. The van der Waals surface area contributed by atoms with Crippen LogP contribution in [-0.4, -0.2) is 26.6 Å². The Labute approximate surface area is 166 Å². The van der Waals surface area contributed by atoms with Gasteiger partial charge in [-0.15, -0.1) is 0 Å². The Morgan fingerprint density at radius 3 is 2.38 bits per heavy atom. The van der Waals surface area contributed by atoms with Crippen LogP contribution in [0.15, 0.2) is 64.3 Å². The fraction of sp³-hybridized carbons (Fsp3) is 0.227. The minimum Gasteiger partial charge on any atom is -0.361 e. The highest BCUT2D eigenvalue weighted by atomic mass is 16.2. The summed E-state index contributed by atoms with van der Waals surface area (Å²) in [5, 5.41) is 3.98. The van der Waals surface area contributed by atoms with Gasteiger partial charge in [0.2, 0.25) is 5.91 Å². The summed E-state index contributed by atoms with van der Waals surface area (Å²) in [5.74, 6) is -0.300. The largest absolute Gasteiger partial charge is 0.361 e. The van der Waals surface area contributed by atoms with E-state index in [1.165, 1.54) is 9.13 Å². The molecule has 0 fully saturated rings. The Morgan fingerprint density at radius 2 is 1.62 bits per heavy atom. The number of fused-ring (bicyclic) bond motifs is 2. The molecule has 4 aromatic rings. The molecule has 2 aromatic carbocycles. The Kier molecular flexibility index (Phi) is 5.03. The monoisotopic (exact) mass is 390 g/mol. The third-order valence-electron chi connectivity index (χ3n) is 5.15. The van der Waals surface area contributed by atoms with E-state index in [4.69, 9.17) is 0 Å². The number of hydrogen-bond acceptors (Lipinski definition) is 3. The highest BCUT2D eigenvalue weighted by Gasteiger charge is 2.14. The summed E-state index contributed by atoms with van der Waals surface area (Å²) >= 11 is 0. The van der Waals surface area contributed by atoms with E-state index in [9.17, 15) is 14.4 Å². The van der Waals surface area contributed by atoms with E-state index in [1.807, 2.05) is 43.5 Å². The highest BCUT2D eigenvalue weighted by Crippen LogP contribution is 2.17. The molecule has 0 bridgehead atoms. The summed E-state index contributed by atoms with van der Waals surface area (Å²) in [5.41, 5.74) is 2.10. The molecule has 148 valence electrons. The van der Waals surface area contributed by atoms with Crippen LogP contribution in [0.1, 0.15) is 12.5 Å². The number of carbonyl (C=O) groups excluding carboxylic acids is 1. The molecule has 0 spiro atoms. The Morgan fingerprint density at radius 1 is 0.966 bits per heavy atom. The standard InChI is InChI=1S/C22H22N4O3/c1-2-25-18-9-5-6-10-19(18)26(22(29)21(25)28)14-20(27)23-12-11-15-13-24-17-8-4-3-7-16(15)17/h3-10,13,24H,2,11-12,14H2,1H3,(H,23,27). The number of aromatic amines is 1. The zero-order valence-electron chi connectivity index (χ0n) is 16.1. The number of amides is 1. The number of benzene rings is 2. The van der Waals surface area contributed by atoms with E-state index in [-0.39, 0.29) is 12.5 Å². The number of rotatable bonds is 6. The highest BCUT2D eigenvalue weighted by molar-refractivity contribution is 5.83. The van der Waals surface area contributed by atoms with Gasteiger partial charge in [-0.25, -0.2) is 0 Å². The maximum absolute atomic E-state index is 12.6. The molecule has 29 heavy (non-hydrogen) atoms. The van der Waals surface area contributed by atoms with Gasteiger partial charge in [-0.1, -0.05) is 30.3 Å². The molecule has 0 atom stereocenters. The molecule has 2 heterocycles. The van der Waals surface area contributed by atoms with Crippen LogP contribution in [0, 0.1) is 0 Å². The van der Waals surface area contributed by atoms with Crippen molar-refractivity contribution in [2.75, 3.05) is 6.54 Å². The quantitative estimate of drug-likeness (QED) is 0.494. The molecular formula is C22H22N4O3. The number of aromatic nitrogens is 3. The van der Waals surface area contributed by atoms with Crippen LogP contribution in [0.5, 0.6) is 0 Å². The predicted octanol–water partition coefficient (Wildman–Crippen LogP) is 2.02. The number of para-hydroxylation sites is 3. The average Bonchev–Trinajstić information content (AvgIpc) is 3.15. The van der Waals surface area contributed by atoms with Crippen molar-refractivity contribution >= 4 is 27.8 Å². The Balaban J connectivity index is 1.51. The molecule has 7 nitrogen and oxygen atoms in total. The molecule has 0 aliphatic rings. The van der Waals surface area contributed by atoms with Crippen LogP contribution in [0.4, 0.5) is 0 Å². The number of aryl methyl sites for hydroxylation is 1. The summed E-state index contributed by atoms with van der Waals surface area (Å²) in [6.07, 6.45) is 2.61. The number of hydrogen-bond donors (Lipinski definition) is 2. The molecule has 0 unspecified atom stereocenters. The molecule has 0 saturated carbocycles. The average molecular weight is 390 g/mol. The van der Waals surface area contributed by atoms with Gasteiger partial charge in [-0.2, -0.15) is 0 Å². The second-order valence-corrected chi connectivity index (χ2v) is 6.89. The Bertz CT molecular complexity index is 1310. The molecule has 0 aliphatic heterocycles. The van der Waals surface area contributed by atoms with Gasteiger partial charge >= 0.3 is 11.1 Å². The number of H-pyrrole nitrogens is 1. The van der Waals surface area contributed by atoms with Crippen molar-refractivity contribution in [1.82, 2.24) is 19.4 Å². The van der Waals surface area contributed by atoms with Crippen molar-refractivity contribution in [1.29, 1.82) is 0 Å². The van der Waals surface area contributed by atoms with E-state index < -0.39 is 11.1 Å². The first-order valence-electron chi connectivity index (χ1n) is 9.64. The van der Waals surface area contributed by atoms with Crippen LogP contribution in [0.3, 0.4) is 0 Å². The van der Waals surface area contributed by atoms with Gasteiger partial charge in [0.25, 0.3) is 0 Å². The van der Waals surface area contributed by atoms with Gasteiger partial charge in [-0.3, -0.25) is 19.0 Å². The zero-order chi connectivity index (χ0) is 20.4. The lowest BCUT2D eigenvalue weighted by molar-refractivity contribution is -0.121. The van der Waals surface area contributed by atoms with E-state index in [0.29, 0.717) is 30.5 Å². The summed E-state index contributed by atoms with van der Waals surface area (Å²) in [6.45, 7) is 2.47. The molecule has 1 amide bonds.